The number of aliphatic hydroxyl groups is 2. The van der Waals surface area contributed by atoms with Crippen LogP contribution in [-0.4, -0.2) is 57.5 Å². The van der Waals surface area contributed by atoms with Gasteiger partial charge in [0.15, 0.2) is 0 Å². The average molecular weight is 323 g/mol. The van der Waals surface area contributed by atoms with Crippen LogP contribution in [0.2, 0.25) is 0 Å². The van der Waals surface area contributed by atoms with E-state index in [1.807, 2.05) is 0 Å². The number of ether oxygens (including phenoxy) is 1. The van der Waals surface area contributed by atoms with Gasteiger partial charge in [0.2, 0.25) is 0 Å². The third-order valence-electron chi connectivity index (χ3n) is 7.35. The Kier molecular flexibility index (Phi) is 3.56. The Hall–Kier alpha value is -0.650. The molecule has 0 radical (unpaired) electrons. The molecule has 23 heavy (non-hydrogen) atoms. The minimum atomic E-state index is -0.834. The topological polar surface area (TPSA) is 70.0 Å². The van der Waals surface area contributed by atoms with Crippen LogP contribution in [0.5, 0.6) is 0 Å². The fraction of sp³-hybridized carbons (Fsp3) is 0.944. The summed E-state index contributed by atoms with van der Waals surface area (Å²) in [7, 11) is 0. The molecule has 5 nitrogen and oxygen atoms in total. The van der Waals surface area contributed by atoms with Crippen molar-refractivity contribution in [3.63, 3.8) is 0 Å². The quantitative estimate of drug-likeness (QED) is 0.712. The van der Waals surface area contributed by atoms with E-state index >= 15 is 0 Å². The van der Waals surface area contributed by atoms with Crippen molar-refractivity contribution in [3.05, 3.63) is 0 Å². The van der Waals surface area contributed by atoms with Gasteiger partial charge in [0.1, 0.15) is 6.10 Å². The molecular weight excluding hydrogens is 294 g/mol. The van der Waals surface area contributed by atoms with Gasteiger partial charge in [0, 0.05) is 18.8 Å². The van der Waals surface area contributed by atoms with E-state index < -0.39 is 11.7 Å². The van der Waals surface area contributed by atoms with Crippen LogP contribution in [0.3, 0.4) is 0 Å². The molecule has 1 spiro atoms. The Morgan fingerprint density at radius 1 is 1.26 bits per heavy atom. The van der Waals surface area contributed by atoms with E-state index in [2.05, 4.69) is 11.8 Å². The third kappa shape index (κ3) is 1.93. The zero-order valence-electron chi connectivity index (χ0n) is 14.2. The summed E-state index contributed by atoms with van der Waals surface area (Å²) in [5, 5.41) is 22.6. The number of piperidine rings is 2. The highest BCUT2D eigenvalue weighted by molar-refractivity contribution is 5.66. The molecule has 4 rings (SSSR count). The van der Waals surface area contributed by atoms with Crippen LogP contribution in [-0.2, 0) is 9.53 Å². The number of carbonyl (C=O) groups is 1. The monoisotopic (exact) mass is 323 g/mol. The normalized spacial score (nSPS) is 52.6. The second-order valence-corrected chi connectivity index (χ2v) is 8.35. The first kappa shape index (κ1) is 15.9. The molecule has 2 aliphatic carbocycles. The van der Waals surface area contributed by atoms with Crippen molar-refractivity contribution in [2.75, 3.05) is 13.1 Å². The first-order valence-electron chi connectivity index (χ1n) is 9.23. The zero-order valence-corrected chi connectivity index (χ0v) is 14.2. The Bertz CT molecular complexity index is 509. The predicted octanol–water partition coefficient (Wildman–Crippen LogP) is 1.31. The Morgan fingerprint density at radius 2 is 2.00 bits per heavy atom. The van der Waals surface area contributed by atoms with Crippen molar-refractivity contribution in [1.82, 2.24) is 4.90 Å². The van der Waals surface area contributed by atoms with Crippen LogP contribution in [0.15, 0.2) is 0 Å². The molecule has 2 N–H and O–H groups in total. The van der Waals surface area contributed by atoms with E-state index in [1.54, 1.807) is 0 Å². The second-order valence-electron chi connectivity index (χ2n) is 8.35. The maximum absolute atomic E-state index is 11.8. The van der Waals surface area contributed by atoms with E-state index in [0.717, 1.165) is 45.2 Å². The summed E-state index contributed by atoms with van der Waals surface area (Å²) in [6.45, 7) is 5.60. The van der Waals surface area contributed by atoms with Crippen molar-refractivity contribution < 1.29 is 19.7 Å². The molecule has 0 aromatic carbocycles. The van der Waals surface area contributed by atoms with Crippen LogP contribution in [0.25, 0.3) is 0 Å². The molecule has 2 bridgehead atoms. The zero-order chi connectivity index (χ0) is 16.4. The molecule has 4 fully saturated rings. The summed E-state index contributed by atoms with van der Waals surface area (Å²) in [6.07, 6.45) is 4.59. The van der Waals surface area contributed by atoms with Crippen LogP contribution in [0.1, 0.15) is 52.4 Å². The number of hydrogen-bond donors (Lipinski definition) is 2. The standard InChI is InChI=1S/C18H29NO4/c1-11-10-17-13-5-3-7-19(17)8-4-6-18(17,22)14(16(11)21)9-15(13)23-12(2)20/h11,13-16,21-22H,3-10H2,1-2H3/t11-,13+,14-,15+,16+,17-,18-/m0/s1. The van der Waals surface area contributed by atoms with Gasteiger partial charge in [0.25, 0.3) is 0 Å². The molecule has 0 unspecified atom stereocenters. The minimum Gasteiger partial charge on any atom is -0.462 e. The number of aliphatic hydroxyl groups excluding tert-OH is 1. The summed E-state index contributed by atoms with van der Waals surface area (Å²) in [5.41, 5.74) is -1.15. The SMILES string of the molecule is CC(=O)O[C@@H]1C[C@H]2[C@H](O)[C@@H](C)C[C@@]34[C@@H]1CCCN3CCC[C@]24O. The molecule has 2 aliphatic heterocycles. The largest absolute Gasteiger partial charge is 0.462 e. The van der Waals surface area contributed by atoms with Gasteiger partial charge in [-0.1, -0.05) is 6.92 Å². The van der Waals surface area contributed by atoms with Crippen molar-refractivity contribution in [1.29, 1.82) is 0 Å². The Balaban J connectivity index is 1.83. The first-order valence-corrected chi connectivity index (χ1v) is 9.23. The average Bonchev–Trinajstić information content (AvgIpc) is 2.48. The van der Waals surface area contributed by atoms with Gasteiger partial charge in [0.05, 0.1) is 17.2 Å². The van der Waals surface area contributed by atoms with Gasteiger partial charge in [-0.05, 0) is 57.5 Å². The minimum absolute atomic E-state index is 0.166. The molecule has 2 saturated carbocycles. The van der Waals surface area contributed by atoms with Crippen molar-refractivity contribution >= 4 is 5.97 Å². The Morgan fingerprint density at radius 3 is 2.74 bits per heavy atom. The molecule has 0 aromatic heterocycles. The summed E-state index contributed by atoms with van der Waals surface area (Å²) in [5.74, 6) is -0.0606. The first-order chi connectivity index (χ1) is 10.9. The van der Waals surface area contributed by atoms with E-state index in [0.29, 0.717) is 6.42 Å². The molecule has 2 heterocycles. The molecular formula is C18H29NO4. The molecule has 2 saturated heterocycles. The van der Waals surface area contributed by atoms with Gasteiger partial charge in [-0.2, -0.15) is 0 Å². The van der Waals surface area contributed by atoms with E-state index in [-0.39, 0.29) is 35.4 Å². The second kappa shape index (κ2) is 5.17. The number of rotatable bonds is 1. The smallest absolute Gasteiger partial charge is 0.302 e. The third-order valence-corrected chi connectivity index (χ3v) is 7.35. The lowest BCUT2D eigenvalue weighted by Crippen LogP contribution is -2.82. The summed E-state index contributed by atoms with van der Waals surface area (Å²) < 4.78 is 5.70. The maximum atomic E-state index is 11.8. The van der Waals surface area contributed by atoms with Gasteiger partial charge >= 0.3 is 5.97 Å². The molecule has 7 atom stereocenters. The highest BCUT2D eigenvalue weighted by Crippen LogP contribution is 2.62. The number of hydrogen-bond acceptors (Lipinski definition) is 5. The fourth-order valence-electron chi connectivity index (χ4n) is 6.68. The maximum Gasteiger partial charge on any atom is 0.302 e. The summed E-state index contributed by atoms with van der Waals surface area (Å²) in [6, 6.07) is 0. The van der Waals surface area contributed by atoms with Crippen LogP contribution >= 0.6 is 0 Å². The van der Waals surface area contributed by atoms with Crippen molar-refractivity contribution in [2.24, 2.45) is 17.8 Å². The molecule has 0 amide bonds. The number of esters is 1. The molecule has 130 valence electrons. The van der Waals surface area contributed by atoms with E-state index in [9.17, 15) is 15.0 Å². The predicted molar refractivity (Wildman–Crippen MR) is 84.7 cm³/mol. The highest BCUT2D eigenvalue weighted by atomic mass is 16.5. The lowest BCUT2D eigenvalue weighted by atomic mass is 9.45. The number of carbonyl (C=O) groups excluding carboxylic acids is 1. The lowest BCUT2D eigenvalue weighted by molar-refractivity contribution is -0.301. The van der Waals surface area contributed by atoms with Crippen molar-refractivity contribution in [2.45, 2.75) is 75.7 Å². The molecule has 4 aliphatic rings. The lowest BCUT2D eigenvalue weighted by Gasteiger charge is -2.72. The highest BCUT2D eigenvalue weighted by Gasteiger charge is 2.72. The fourth-order valence-corrected chi connectivity index (χ4v) is 6.68. The molecule has 5 heteroatoms. The van der Waals surface area contributed by atoms with Crippen molar-refractivity contribution in [3.8, 4) is 0 Å². The van der Waals surface area contributed by atoms with Crippen LogP contribution < -0.4 is 0 Å². The van der Waals surface area contributed by atoms with E-state index in [4.69, 9.17) is 4.74 Å². The van der Waals surface area contributed by atoms with Gasteiger partial charge in [-0.3, -0.25) is 9.69 Å². The van der Waals surface area contributed by atoms with Gasteiger partial charge in [-0.25, -0.2) is 0 Å². The Labute approximate surface area is 138 Å². The van der Waals surface area contributed by atoms with Crippen LogP contribution in [0, 0.1) is 17.8 Å². The van der Waals surface area contributed by atoms with Crippen LogP contribution in [0.4, 0.5) is 0 Å². The summed E-state index contributed by atoms with van der Waals surface area (Å²) >= 11 is 0. The van der Waals surface area contributed by atoms with E-state index in [1.165, 1.54) is 6.92 Å². The summed E-state index contributed by atoms with van der Waals surface area (Å²) in [4.78, 5) is 14.1. The molecule has 0 aromatic rings. The number of nitrogens with zero attached hydrogens (tertiary/aromatic N) is 1. The van der Waals surface area contributed by atoms with Gasteiger partial charge in [-0.15, -0.1) is 0 Å². The van der Waals surface area contributed by atoms with Gasteiger partial charge < -0.3 is 14.9 Å².